The van der Waals surface area contributed by atoms with Crippen molar-refractivity contribution in [1.82, 2.24) is 9.55 Å². The van der Waals surface area contributed by atoms with Crippen molar-refractivity contribution >= 4 is 17.6 Å². The standard InChI is InChI=1S/C9H13N3O2S/c10-8-1-2-12(9(14)11-8)6-3-7(4-13)15-5-6/h1-2,6-7,13H,3-5H2,(H2,10,11,14)/t6-,7-/m1/s1. The number of thioether (sulfide) groups is 1. The van der Waals surface area contributed by atoms with E-state index in [-0.39, 0.29) is 29.4 Å². The Labute approximate surface area is 91.3 Å². The van der Waals surface area contributed by atoms with Gasteiger partial charge in [-0.1, -0.05) is 0 Å². The van der Waals surface area contributed by atoms with Crippen LogP contribution >= 0.6 is 11.8 Å². The molecule has 0 radical (unpaired) electrons. The third kappa shape index (κ3) is 2.15. The van der Waals surface area contributed by atoms with Crippen LogP contribution in [-0.4, -0.2) is 32.3 Å². The maximum absolute atomic E-state index is 11.5. The van der Waals surface area contributed by atoms with Crippen molar-refractivity contribution in [1.29, 1.82) is 0 Å². The van der Waals surface area contributed by atoms with Crippen molar-refractivity contribution in [3.8, 4) is 0 Å². The molecule has 0 amide bonds. The molecule has 0 aromatic carbocycles. The molecule has 3 N–H and O–H groups in total. The van der Waals surface area contributed by atoms with Crippen LogP contribution in [0.15, 0.2) is 17.1 Å². The van der Waals surface area contributed by atoms with Crippen molar-refractivity contribution in [3.05, 3.63) is 22.7 Å². The quantitative estimate of drug-likeness (QED) is 0.735. The summed E-state index contributed by atoms with van der Waals surface area (Å²) in [6.45, 7) is 0.165. The molecule has 1 saturated heterocycles. The van der Waals surface area contributed by atoms with E-state index in [1.807, 2.05) is 0 Å². The first kappa shape index (κ1) is 10.5. The minimum atomic E-state index is -0.306. The first-order chi connectivity index (χ1) is 7.20. The second-order valence-corrected chi connectivity index (χ2v) is 4.90. The third-order valence-electron chi connectivity index (χ3n) is 2.51. The van der Waals surface area contributed by atoms with Crippen LogP contribution in [0.5, 0.6) is 0 Å². The predicted molar refractivity (Wildman–Crippen MR) is 59.9 cm³/mol. The Balaban J connectivity index is 2.20. The number of aliphatic hydroxyl groups is 1. The molecule has 82 valence electrons. The molecule has 5 nitrogen and oxygen atoms in total. The number of nitrogens with zero attached hydrogens (tertiary/aromatic N) is 2. The summed E-state index contributed by atoms with van der Waals surface area (Å²) in [6, 6.07) is 1.76. The number of rotatable bonds is 2. The minimum absolute atomic E-state index is 0.132. The highest BCUT2D eigenvalue weighted by molar-refractivity contribution is 8.00. The van der Waals surface area contributed by atoms with E-state index < -0.39 is 0 Å². The topological polar surface area (TPSA) is 81.1 Å². The van der Waals surface area contributed by atoms with E-state index in [1.54, 1.807) is 28.6 Å². The molecular formula is C9H13N3O2S. The summed E-state index contributed by atoms with van der Waals surface area (Å²) in [4.78, 5) is 15.2. The van der Waals surface area contributed by atoms with Gasteiger partial charge < -0.3 is 10.8 Å². The number of aliphatic hydroxyl groups excluding tert-OH is 1. The summed E-state index contributed by atoms with van der Waals surface area (Å²) < 4.78 is 1.60. The number of hydrogen-bond acceptors (Lipinski definition) is 5. The van der Waals surface area contributed by atoms with Crippen LogP contribution in [0.4, 0.5) is 5.82 Å². The van der Waals surface area contributed by atoms with E-state index in [1.165, 1.54) is 0 Å². The maximum Gasteiger partial charge on any atom is 0.349 e. The third-order valence-corrected chi connectivity index (χ3v) is 3.90. The van der Waals surface area contributed by atoms with Gasteiger partial charge in [-0.25, -0.2) is 4.79 Å². The normalized spacial score (nSPS) is 25.7. The predicted octanol–water partition coefficient (Wildman–Crippen LogP) is -0.136. The molecule has 0 aliphatic carbocycles. The summed E-state index contributed by atoms with van der Waals surface area (Å²) in [6.07, 6.45) is 2.49. The zero-order valence-electron chi connectivity index (χ0n) is 8.17. The van der Waals surface area contributed by atoms with Gasteiger partial charge in [-0.05, 0) is 12.5 Å². The zero-order valence-corrected chi connectivity index (χ0v) is 8.98. The highest BCUT2D eigenvalue weighted by Gasteiger charge is 2.26. The maximum atomic E-state index is 11.5. The van der Waals surface area contributed by atoms with Gasteiger partial charge in [-0.15, -0.1) is 0 Å². The van der Waals surface area contributed by atoms with Crippen LogP contribution in [0.3, 0.4) is 0 Å². The van der Waals surface area contributed by atoms with Gasteiger partial charge in [0.25, 0.3) is 0 Å². The molecule has 0 spiro atoms. The van der Waals surface area contributed by atoms with Gasteiger partial charge >= 0.3 is 5.69 Å². The number of anilines is 1. The summed E-state index contributed by atoms with van der Waals surface area (Å²) in [5.74, 6) is 1.09. The largest absolute Gasteiger partial charge is 0.395 e. The van der Waals surface area contributed by atoms with E-state index in [0.717, 1.165) is 12.2 Å². The second-order valence-electron chi connectivity index (χ2n) is 3.57. The van der Waals surface area contributed by atoms with Crippen LogP contribution in [0.25, 0.3) is 0 Å². The molecule has 1 aliphatic heterocycles. The van der Waals surface area contributed by atoms with Crippen LogP contribution in [0, 0.1) is 0 Å². The van der Waals surface area contributed by atoms with Crippen molar-refractivity contribution < 1.29 is 5.11 Å². The minimum Gasteiger partial charge on any atom is -0.395 e. The molecule has 1 fully saturated rings. The first-order valence-electron chi connectivity index (χ1n) is 4.78. The second kappa shape index (κ2) is 4.24. The molecule has 0 unspecified atom stereocenters. The summed E-state index contributed by atoms with van der Waals surface area (Å²) in [5.41, 5.74) is 5.10. The average molecular weight is 227 g/mol. The van der Waals surface area contributed by atoms with Gasteiger partial charge in [-0.2, -0.15) is 16.7 Å². The lowest BCUT2D eigenvalue weighted by Gasteiger charge is -2.12. The molecular weight excluding hydrogens is 214 g/mol. The Bertz CT molecular complexity index is 407. The van der Waals surface area contributed by atoms with E-state index in [0.29, 0.717) is 0 Å². The Morgan fingerprint density at radius 2 is 2.53 bits per heavy atom. The molecule has 6 heteroatoms. The Morgan fingerprint density at radius 3 is 3.13 bits per heavy atom. The van der Waals surface area contributed by atoms with Crippen molar-refractivity contribution in [2.45, 2.75) is 17.7 Å². The lowest BCUT2D eigenvalue weighted by molar-refractivity contribution is 0.285. The molecule has 1 aliphatic rings. The van der Waals surface area contributed by atoms with Crippen molar-refractivity contribution in [2.24, 2.45) is 0 Å². The van der Waals surface area contributed by atoms with Crippen LogP contribution < -0.4 is 11.4 Å². The first-order valence-corrected chi connectivity index (χ1v) is 5.82. The summed E-state index contributed by atoms with van der Waals surface area (Å²) in [7, 11) is 0. The van der Waals surface area contributed by atoms with Crippen LogP contribution in [0.2, 0.25) is 0 Å². The molecule has 1 aromatic rings. The number of nitrogens with two attached hydrogens (primary N) is 1. The molecule has 1 aromatic heterocycles. The average Bonchev–Trinajstić information content (AvgIpc) is 2.66. The van der Waals surface area contributed by atoms with Gasteiger partial charge in [-0.3, -0.25) is 4.57 Å². The fourth-order valence-corrected chi connectivity index (χ4v) is 2.97. The number of nitrogen functional groups attached to an aromatic ring is 1. The highest BCUT2D eigenvalue weighted by Crippen LogP contribution is 2.33. The molecule has 15 heavy (non-hydrogen) atoms. The molecule has 2 heterocycles. The van der Waals surface area contributed by atoms with Crippen molar-refractivity contribution in [3.63, 3.8) is 0 Å². The van der Waals surface area contributed by atoms with Crippen LogP contribution in [-0.2, 0) is 0 Å². The fraction of sp³-hybridized carbons (Fsp3) is 0.556. The lowest BCUT2D eigenvalue weighted by atomic mass is 10.2. The van der Waals surface area contributed by atoms with E-state index in [2.05, 4.69) is 4.98 Å². The van der Waals surface area contributed by atoms with E-state index in [9.17, 15) is 4.79 Å². The fourth-order valence-electron chi connectivity index (χ4n) is 1.71. The summed E-state index contributed by atoms with van der Waals surface area (Å²) in [5, 5.41) is 9.24. The van der Waals surface area contributed by atoms with E-state index in [4.69, 9.17) is 10.8 Å². The van der Waals surface area contributed by atoms with Crippen LogP contribution in [0.1, 0.15) is 12.5 Å². The number of aromatic nitrogens is 2. The Hall–Kier alpha value is -1.01. The van der Waals surface area contributed by atoms with Gasteiger partial charge in [0.15, 0.2) is 0 Å². The van der Waals surface area contributed by atoms with E-state index >= 15 is 0 Å². The zero-order chi connectivity index (χ0) is 10.8. The van der Waals surface area contributed by atoms with Gasteiger partial charge in [0.1, 0.15) is 5.82 Å². The van der Waals surface area contributed by atoms with Gasteiger partial charge in [0.2, 0.25) is 0 Å². The Kier molecular flexibility index (Phi) is 2.97. The molecule has 0 saturated carbocycles. The monoisotopic (exact) mass is 227 g/mol. The van der Waals surface area contributed by atoms with Gasteiger partial charge in [0.05, 0.1) is 6.61 Å². The SMILES string of the molecule is Nc1ccn([C@H]2CS[C@@H](CO)C2)c(=O)n1. The Morgan fingerprint density at radius 1 is 1.73 bits per heavy atom. The summed E-state index contributed by atoms with van der Waals surface area (Å²) >= 11 is 1.69. The molecule has 2 atom stereocenters. The van der Waals surface area contributed by atoms with Crippen molar-refractivity contribution in [2.75, 3.05) is 18.1 Å². The molecule has 0 bridgehead atoms. The smallest absolute Gasteiger partial charge is 0.349 e. The number of hydrogen-bond donors (Lipinski definition) is 2. The lowest BCUT2D eigenvalue weighted by Crippen LogP contribution is -2.27. The molecule has 2 rings (SSSR count). The van der Waals surface area contributed by atoms with Gasteiger partial charge in [0, 0.05) is 23.2 Å². The highest BCUT2D eigenvalue weighted by atomic mass is 32.2.